The highest BCUT2D eigenvalue weighted by atomic mass is 32.2. The highest BCUT2D eigenvalue weighted by Crippen LogP contribution is 2.48. The fourth-order valence-electron chi connectivity index (χ4n) is 6.62. The van der Waals surface area contributed by atoms with Crippen LogP contribution in [0.3, 0.4) is 0 Å². The minimum absolute atomic E-state index is 0.0300. The molecule has 2 aromatic heterocycles. The summed E-state index contributed by atoms with van der Waals surface area (Å²) in [5, 5.41) is -1.07. The number of H-pyrrole nitrogens is 1. The van der Waals surface area contributed by atoms with E-state index in [9.17, 15) is 18.8 Å². The average Bonchev–Trinajstić information content (AvgIpc) is 3.65. The van der Waals surface area contributed by atoms with Crippen LogP contribution >= 0.6 is 11.8 Å². The van der Waals surface area contributed by atoms with Gasteiger partial charge < -0.3 is 14.7 Å². The summed E-state index contributed by atoms with van der Waals surface area (Å²) in [5.41, 5.74) is 2.08. The predicted molar refractivity (Wildman–Crippen MR) is 168 cm³/mol. The monoisotopic (exact) mass is 626 g/mol. The molecule has 1 aromatic carbocycles. The van der Waals surface area contributed by atoms with E-state index in [-0.39, 0.29) is 41.9 Å². The molecule has 0 saturated carbocycles. The summed E-state index contributed by atoms with van der Waals surface area (Å²) in [7, 11) is 0. The zero-order chi connectivity index (χ0) is 31.2. The van der Waals surface area contributed by atoms with Crippen LogP contribution in [0, 0.1) is 11.2 Å². The predicted octanol–water partition coefficient (Wildman–Crippen LogP) is 5.04. The Balaban J connectivity index is 1.18. The number of carbonyl (C=O) groups excluding carboxylic acids is 2. The number of pyridine rings is 1. The smallest absolute Gasteiger partial charge is 0.327 e. The first-order chi connectivity index (χ1) is 21.0. The van der Waals surface area contributed by atoms with Crippen LogP contribution in [0.25, 0.3) is 11.2 Å². The molecule has 3 saturated heterocycles. The number of anilines is 1. The number of rotatable bonds is 7. The molecule has 2 unspecified atom stereocenters. The summed E-state index contributed by atoms with van der Waals surface area (Å²) in [6.07, 6.45) is 3.01. The first kappa shape index (κ1) is 30.6. The molecule has 3 fully saturated rings. The lowest BCUT2D eigenvalue weighted by Crippen LogP contribution is -2.42. The summed E-state index contributed by atoms with van der Waals surface area (Å²) in [6.45, 7) is 8.33. The summed E-state index contributed by atoms with van der Waals surface area (Å²) in [5.74, 6) is -0.642. The zero-order valence-electron chi connectivity index (χ0n) is 25.5. The van der Waals surface area contributed by atoms with E-state index >= 15 is 4.39 Å². The molecule has 236 valence electrons. The van der Waals surface area contributed by atoms with E-state index in [1.54, 1.807) is 37.6 Å². The van der Waals surface area contributed by atoms with Crippen molar-refractivity contribution >= 4 is 40.4 Å². The Bertz CT molecular complexity index is 1590. The lowest BCUT2D eigenvalue weighted by Gasteiger charge is -2.33. The van der Waals surface area contributed by atoms with Crippen molar-refractivity contribution in [2.24, 2.45) is 5.41 Å². The number of thioether (sulfide) groups is 1. The minimum Gasteiger partial charge on any atom is -0.366 e. The van der Waals surface area contributed by atoms with Crippen molar-refractivity contribution < 1.29 is 18.4 Å². The quantitative estimate of drug-likeness (QED) is 0.395. The number of piperidine rings is 1. The molecule has 1 N–H and O–H groups in total. The van der Waals surface area contributed by atoms with Crippen molar-refractivity contribution in [1.29, 1.82) is 0 Å². The molecule has 9 nitrogen and oxygen atoms in total. The average molecular weight is 627 g/mol. The maximum Gasteiger partial charge on any atom is 0.327 e. The van der Waals surface area contributed by atoms with Crippen LogP contribution in [0.15, 0.2) is 41.3 Å². The Kier molecular flexibility index (Phi) is 8.47. The number of benzene rings is 1. The lowest BCUT2D eigenvalue weighted by atomic mass is 9.92. The lowest BCUT2D eigenvalue weighted by molar-refractivity contribution is -0.136. The number of likely N-dealkylation sites (tertiary alicyclic amines) is 1. The Morgan fingerprint density at radius 3 is 2.57 bits per heavy atom. The molecule has 0 radical (unpaired) electrons. The van der Waals surface area contributed by atoms with Gasteiger partial charge in [0.15, 0.2) is 5.65 Å². The van der Waals surface area contributed by atoms with E-state index in [0.29, 0.717) is 62.3 Å². The SMILES string of the molecule is CC(C)(C)CCN1C(=O)[C@H](CC(=O)N2CCC(n3c(=O)[nH]c4ncccc43)CC2)SC1c1cccc(F)c1N1CCC(F)C1. The van der Waals surface area contributed by atoms with Crippen molar-refractivity contribution in [1.82, 2.24) is 24.3 Å². The Morgan fingerprint density at radius 1 is 1.09 bits per heavy atom. The third-order valence-electron chi connectivity index (χ3n) is 9.00. The summed E-state index contributed by atoms with van der Waals surface area (Å²) in [4.78, 5) is 52.5. The summed E-state index contributed by atoms with van der Waals surface area (Å²) in [6, 6.07) is 8.47. The van der Waals surface area contributed by atoms with E-state index in [0.717, 1.165) is 11.9 Å². The highest BCUT2D eigenvalue weighted by molar-refractivity contribution is 8.01. The molecule has 0 bridgehead atoms. The molecule has 5 heterocycles. The van der Waals surface area contributed by atoms with Gasteiger partial charge in [0.05, 0.1) is 16.5 Å². The summed E-state index contributed by atoms with van der Waals surface area (Å²) >= 11 is 1.39. The molecule has 3 atom stereocenters. The number of aromatic amines is 1. The van der Waals surface area contributed by atoms with Crippen LogP contribution in [-0.2, 0) is 9.59 Å². The normalized spacial score (nSPS) is 23.3. The zero-order valence-corrected chi connectivity index (χ0v) is 26.3. The number of imidazole rings is 1. The van der Waals surface area contributed by atoms with Crippen LogP contribution in [0.4, 0.5) is 14.5 Å². The molecule has 0 spiro atoms. The number of para-hydroxylation sites is 1. The van der Waals surface area contributed by atoms with Gasteiger partial charge in [0.25, 0.3) is 0 Å². The van der Waals surface area contributed by atoms with Gasteiger partial charge >= 0.3 is 5.69 Å². The van der Waals surface area contributed by atoms with Gasteiger partial charge in [-0.1, -0.05) is 32.9 Å². The molecular formula is C32H40F2N6O3S. The number of halogens is 2. The molecule has 2 amide bonds. The number of fused-ring (bicyclic) bond motifs is 1. The van der Waals surface area contributed by atoms with E-state index in [1.165, 1.54) is 17.8 Å². The van der Waals surface area contributed by atoms with E-state index in [2.05, 4.69) is 30.7 Å². The van der Waals surface area contributed by atoms with Crippen LogP contribution in [0.1, 0.15) is 69.9 Å². The Morgan fingerprint density at radius 2 is 1.86 bits per heavy atom. The van der Waals surface area contributed by atoms with Gasteiger partial charge in [0.1, 0.15) is 17.4 Å². The Labute approximate surface area is 260 Å². The summed E-state index contributed by atoms with van der Waals surface area (Å²) < 4.78 is 31.2. The molecule has 3 aliphatic rings. The molecule has 3 aliphatic heterocycles. The van der Waals surface area contributed by atoms with Crippen molar-refractivity contribution in [2.75, 3.05) is 37.6 Å². The highest BCUT2D eigenvalue weighted by Gasteiger charge is 2.44. The second-order valence-corrected chi connectivity index (χ2v) is 14.6. The number of nitrogens with zero attached hydrogens (tertiary/aromatic N) is 5. The molecule has 3 aromatic rings. The topological polar surface area (TPSA) is 94.5 Å². The van der Waals surface area contributed by atoms with Gasteiger partial charge in [0.2, 0.25) is 11.8 Å². The van der Waals surface area contributed by atoms with Crippen LogP contribution < -0.4 is 10.6 Å². The molecule has 12 heteroatoms. The second kappa shape index (κ2) is 12.2. The van der Waals surface area contributed by atoms with Crippen LogP contribution in [-0.4, -0.2) is 80.3 Å². The number of nitrogens with one attached hydrogen (secondary N) is 1. The number of hydrogen-bond acceptors (Lipinski definition) is 6. The Hall–Kier alpha value is -3.41. The van der Waals surface area contributed by atoms with E-state index in [1.807, 2.05) is 12.1 Å². The van der Waals surface area contributed by atoms with Gasteiger partial charge in [-0.25, -0.2) is 18.6 Å². The fraction of sp³-hybridized carbons (Fsp3) is 0.562. The number of amides is 2. The van der Waals surface area contributed by atoms with Crippen LogP contribution in [0.2, 0.25) is 0 Å². The van der Waals surface area contributed by atoms with Crippen molar-refractivity contribution in [2.45, 2.75) is 75.7 Å². The third-order valence-corrected chi connectivity index (χ3v) is 10.5. The number of alkyl halides is 1. The maximum absolute atomic E-state index is 15.3. The van der Waals surface area contributed by atoms with Gasteiger partial charge in [-0.3, -0.25) is 19.1 Å². The number of hydrogen-bond donors (Lipinski definition) is 1. The molecule has 0 aliphatic carbocycles. The maximum atomic E-state index is 15.3. The van der Waals surface area contributed by atoms with Crippen LogP contribution in [0.5, 0.6) is 0 Å². The van der Waals surface area contributed by atoms with Crippen molar-refractivity contribution in [3.63, 3.8) is 0 Å². The fourth-order valence-corrected chi connectivity index (χ4v) is 8.11. The molecule has 6 rings (SSSR count). The van der Waals surface area contributed by atoms with Gasteiger partial charge in [0, 0.05) is 56.9 Å². The van der Waals surface area contributed by atoms with Gasteiger partial charge in [-0.15, -0.1) is 11.8 Å². The first-order valence-corrected chi connectivity index (χ1v) is 16.4. The molecular weight excluding hydrogens is 586 g/mol. The van der Waals surface area contributed by atoms with E-state index in [4.69, 9.17) is 0 Å². The minimum atomic E-state index is -1.02. The van der Waals surface area contributed by atoms with Crippen molar-refractivity contribution in [3.05, 3.63) is 58.4 Å². The first-order valence-electron chi connectivity index (χ1n) is 15.5. The van der Waals surface area contributed by atoms with Gasteiger partial charge in [-0.05, 0) is 49.3 Å². The third kappa shape index (κ3) is 6.09. The largest absolute Gasteiger partial charge is 0.366 e. The number of aromatic nitrogens is 3. The molecule has 44 heavy (non-hydrogen) atoms. The van der Waals surface area contributed by atoms with E-state index < -0.39 is 22.6 Å². The van der Waals surface area contributed by atoms with Crippen molar-refractivity contribution in [3.8, 4) is 0 Å². The second-order valence-electron chi connectivity index (χ2n) is 13.3. The standard InChI is InChI=1S/C32H40F2N6O3S/c1-32(2,3)12-17-39-29(42)25(44-30(39)22-6-4-7-23(34)27(22)38-14-9-20(33)19-38)18-26(41)37-15-10-21(11-16-37)40-24-8-5-13-35-28(24)36-31(40)43/h4-8,13,20-21,25,30H,9-12,14-19H2,1-3H3,(H,35,36,43)/t20?,25-,30?/m0/s1. The number of carbonyl (C=O) groups is 2. The van der Waals surface area contributed by atoms with Gasteiger partial charge in [-0.2, -0.15) is 0 Å².